The molecule has 1 heterocycles. The Bertz CT molecular complexity index is 960. The minimum atomic E-state index is -0.478. The molecule has 122 valence electrons. The van der Waals surface area contributed by atoms with Crippen molar-refractivity contribution < 1.29 is 4.79 Å². The van der Waals surface area contributed by atoms with Gasteiger partial charge in [-0.25, -0.2) is 0 Å². The lowest BCUT2D eigenvalue weighted by Gasteiger charge is -2.12. The lowest BCUT2D eigenvalue weighted by molar-refractivity contribution is 0.101. The second-order valence-electron chi connectivity index (χ2n) is 5.48. The number of para-hydroxylation sites is 2. The van der Waals surface area contributed by atoms with Gasteiger partial charge in [0.1, 0.15) is 0 Å². The summed E-state index contributed by atoms with van der Waals surface area (Å²) in [7, 11) is 0. The van der Waals surface area contributed by atoms with Crippen LogP contribution in [0.4, 0.5) is 5.69 Å². The zero-order valence-corrected chi connectivity index (χ0v) is 13.7. The monoisotopic (exact) mass is 321 g/mol. The molecule has 0 aliphatic carbocycles. The Kier molecular flexibility index (Phi) is 4.42. The quantitative estimate of drug-likeness (QED) is 0.802. The Hall–Kier alpha value is -2.95. The Morgan fingerprint density at radius 1 is 1.08 bits per heavy atom. The highest BCUT2D eigenvalue weighted by Crippen LogP contribution is 2.16. The van der Waals surface area contributed by atoms with Crippen molar-refractivity contribution in [2.75, 3.05) is 5.32 Å². The molecule has 1 amide bonds. The summed E-state index contributed by atoms with van der Waals surface area (Å²) in [6, 6.07) is 14.8. The number of aryl methyl sites for hydroxylation is 2. The first kappa shape index (κ1) is 15.9. The van der Waals surface area contributed by atoms with Gasteiger partial charge in [0.25, 0.3) is 5.91 Å². The molecule has 0 saturated heterocycles. The smallest absolute Gasteiger partial charge is 0.280 e. The SMILES string of the molecule is CCc1ccccc1NC(=O)c1nn(CC)c2ccccc2c1=O. The molecule has 2 aromatic carbocycles. The second-order valence-corrected chi connectivity index (χ2v) is 5.48. The number of carbonyl (C=O) groups excluding carboxylic acids is 1. The fraction of sp³-hybridized carbons (Fsp3) is 0.211. The van der Waals surface area contributed by atoms with Gasteiger partial charge in [0.2, 0.25) is 5.43 Å². The molecule has 0 atom stereocenters. The van der Waals surface area contributed by atoms with Crippen molar-refractivity contribution in [1.29, 1.82) is 0 Å². The number of hydrogen-bond donors (Lipinski definition) is 1. The third kappa shape index (κ3) is 2.80. The fourth-order valence-electron chi connectivity index (χ4n) is 2.76. The van der Waals surface area contributed by atoms with Crippen LogP contribution >= 0.6 is 0 Å². The Balaban J connectivity index is 2.07. The molecule has 0 fully saturated rings. The highest BCUT2D eigenvalue weighted by atomic mass is 16.2. The van der Waals surface area contributed by atoms with Crippen molar-refractivity contribution in [3.05, 3.63) is 70.0 Å². The van der Waals surface area contributed by atoms with Crippen molar-refractivity contribution in [3.8, 4) is 0 Å². The van der Waals surface area contributed by atoms with Crippen molar-refractivity contribution in [2.45, 2.75) is 26.8 Å². The van der Waals surface area contributed by atoms with Crippen LogP contribution in [0.5, 0.6) is 0 Å². The number of hydrogen-bond acceptors (Lipinski definition) is 3. The molecule has 0 aliphatic heterocycles. The van der Waals surface area contributed by atoms with Crippen LogP contribution in [0.3, 0.4) is 0 Å². The van der Waals surface area contributed by atoms with Crippen molar-refractivity contribution in [2.24, 2.45) is 0 Å². The summed E-state index contributed by atoms with van der Waals surface area (Å²) in [6.45, 7) is 4.52. The summed E-state index contributed by atoms with van der Waals surface area (Å²) in [4.78, 5) is 25.3. The number of carbonyl (C=O) groups is 1. The molecular weight excluding hydrogens is 302 g/mol. The Morgan fingerprint density at radius 2 is 1.79 bits per heavy atom. The minimum absolute atomic E-state index is 0.0820. The van der Waals surface area contributed by atoms with Gasteiger partial charge in [-0.1, -0.05) is 37.3 Å². The first-order chi connectivity index (χ1) is 11.7. The van der Waals surface area contributed by atoms with E-state index >= 15 is 0 Å². The summed E-state index contributed by atoms with van der Waals surface area (Å²) in [5.74, 6) is -0.478. The van der Waals surface area contributed by atoms with E-state index in [9.17, 15) is 9.59 Å². The van der Waals surface area contributed by atoms with Crippen LogP contribution in [0, 0.1) is 0 Å². The van der Waals surface area contributed by atoms with E-state index in [0.29, 0.717) is 17.6 Å². The standard InChI is InChI=1S/C19H19N3O2/c1-3-13-9-5-7-11-15(13)20-19(24)17-18(23)14-10-6-8-12-16(14)22(4-2)21-17/h5-12H,3-4H2,1-2H3,(H,20,24). The average Bonchev–Trinajstić information content (AvgIpc) is 2.62. The molecule has 5 nitrogen and oxygen atoms in total. The number of aromatic nitrogens is 2. The van der Waals surface area contributed by atoms with Crippen molar-refractivity contribution in [1.82, 2.24) is 9.78 Å². The van der Waals surface area contributed by atoms with E-state index in [1.807, 2.05) is 50.2 Å². The molecule has 3 aromatic rings. The minimum Gasteiger partial charge on any atom is -0.320 e. The predicted octanol–water partition coefficient (Wildman–Crippen LogP) is 3.23. The molecule has 0 aliphatic rings. The van der Waals surface area contributed by atoms with Crippen molar-refractivity contribution >= 4 is 22.5 Å². The molecule has 0 radical (unpaired) electrons. The van der Waals surface area contributed by atoms with E-state index in [4.69, 9.17) is 0 Å². The first-order valence-corrected chi connectivity index (χ1v) is 8.04. The number of nitrogens with one attached hydrogen (secondary N) is 1. The fourth-order valence-corrected chi connectivity index (χ4v) is 2.76. The molecule has 0 saturated carbocycles. The highest BCUT2D eigenvalue weighted by molar-refractivity contribution is 6.04. The maximum absolute atomic E-state index is 12.6. The van der Waals surface area contributed by atoms with E-state index in [1.165, 1.54) is 0 Å². The molecule has 0 bridgehead atoms. The normalized spacial score (nSPS) is 10.8. The summed E-state index contributed by atoms with van der Waals surface area (Å²) in [5.41, 5.74) is 2.03. The van der Waals surface area contributed by atoms with Gasteiger partial charge in [0, 0.05) is 17.6 Å². The lowest BCUT2D eigenvalue weighted by Crippen LogP contribution is -2.27. The van der Waals surface area contributed by atoms with Crippen LogP contribution in [-0.4, -0.2) is 15.7 Å². The topological polar surface area (TPSA) is 64.0 Å². The lowest BCUT2D eigenvalue weighted by atomic mass is 10.1. The number of benzene rings is 2. The maximum atomic E-state index is 12.6. The van der Waals surface area contributed by atoms with E-state index in [0.717, 1.165) is 17.5 Å². The van der Waals surface area contributed by atoms with Crippen LogP contribution in [0.2, 0.25) is 0 Å². The zero-order valence-electron chi connectivity index (χ0n) is 13.7. The largest absolute Gasteiger partial charge is 0.320 e. The van der Waals surface area contributed by atoms with Gasteiger partial charge in [-0.15, -0.1) is 0 Å². The van der Waals surface area contributed by atoms with Gasteiger partial charge in [0.15, 0.2) is 5.69 Å². The Labute approximate surface area is 139 Å². The Morgan fingerprint density at radius 3 is 2.54 bits per heavy atom. The molecule has 1 aromatic heterocycles. The van der Waals surface area contributed by atoms with Gasteiger partial charge in [-0.3, -0.25) is 14.3 Å². The number of fused-ring (bicyclic) bond motifs is 1. The second kappa shape index (κ2) is 6.66. The average molecular weight is 321 g/mol. The van der Waals surface area contributed by atoms with Crippen molar-refractivity contribution in [3.63, 3.8) is 0 Å². The molecule has 0 unspecified atom stereocenters. The molecule has 1 N–H and O–H groups in total. The number of anilines is 1. The van der Waals surface area contributed by atoms with Crippen LogP contribution < -0.4 is 10.7 Å². The van der Waals surface area contributed by atoms with Gasteiger partial charge in [0.05, 0.1) is 5.52 Å². The van der Waals surface area contributed by atoms with E-state index in [1.54, 1.807) is 16.8 Å². The van der Waals surface area contributed by atoms with Gasteiger partial charge >= 0.3 is 0 Å². The zero-order chi connectivity index (χ0) is 17.1. The van der Waals surface area contributed by atoms with E-state index < -0.39 is 5.91 Å². The van der Waals surface area contributed by atoms with Gasteiger partial charge in [-0.2, -0.15) is 5.10 Å². The van der Waals surface area contributed by atoms with Gasteiger partial charge in [-0.05, 0) is 37.1 Å². The molecule has 24 heavy (non-hydrogen) atoms. The third-order valence-corrected chi connectivity index (χ3v) is 4.02. The van der Waals surface area contributed by atoms with Crippen LogP contribution in [-0.2, 0) is 13.0 Å². The maximum Gasteiger partial charge on any atom is 0.280 e. The van der Waals surface area contributed by atoms with E-state index in [2.05, 4.69) is 10.4 Å². The number of amides is 1. The predicted molar refractivity (Wildman–Crippen MR) is 95.5 cm³/mol. The number of rotatable bonds is 4. The molecule has 5 heteroatoms. The van der Waals surface area contributed by atoms with E-state index in [-0.39, 0.29) is 11.1 Å². The third-order valence-electron chi connectivity index (χ3n) is 4.02. The number of nitrogens with zero attached hydrogens (tertiary/aromatic N) is 2. The van der Waals surface area contributed by atoms with Crippen LogP contribution in [0.25, 0.3) is 10.9 Å². The molecular formula is C19H19N3O2. The van der Waals surface area contributed by atoms with Gasteiger partial charge < -0.3 is 5.32 Å². The summed E-state index contributed by atoms with van der Waals surface area (Å²) < 4.78 is 1.68. The van der Waals surface area contributed by atoms with Crippen LogP contribution in [0.15, 0.2) is 53.3 Å². The summed E-state index contributed by atoms with van der Waals surface area (Å²) in [5, 5.41) is 7.59. The molecule has 0 spiro atoms. The summed E-state index contributed by atoms with van der Waals surface area (Å²) in [6.07, 6.45) is 0.792. The summed E-state index contributed by atoms with van der Waals surface area (Å²) >= 11 is 0. The molecule has 3 rings (SSSR count). The highest BCUT2D eigenvalue weighted by Gasteiger charge is 2.17. The first-order valence-electron chi connectivity index (χ1n) is 8.04. The van der Waals surface area contributed by atoms with Crippen LogP contribution in [0.1, 0.15) is 29.9 Å².